The van der Waals surface area contributed by atoms with E-state index in [1.54, 1.807) is 50.2 Å². The van der Waals surface area contributed by atoms with E-state index in [2.05, 4.69) is 0 Å². The molecular weight excluding hydrogens is 408 g/mol. The number of rotatable bonds is 10. The van der Waals surface area contributed by atoms with E-state index >= 15 is 0 Å². The van der Waals surface area contributed by atoms with E-state index in [0.717, 1.165) is 0 Å². The van der Waals surface area contributed by atoms with Gasteiger partial charge in [0.25, 0.3) is 0 Å². The van der Waals surface area contributed by atoms with Crippen LogP contribution in [0.4, 0.5) is 0 Å². The largest absolute Gasteiger partial charge is 0.471 e. The third kappa shape index (κ3) is 5.57. The first-order valence-electron chi connectivity index (χ1n) is 8.85. The maximum atomic E-state index is 11.6. The van der Waals surface area contributed by atoms with Crippen molar-refractivity contribution in [2.24, 2.45) is 0 Å². The minimum Gasteiger partial charge on any atom is -0.471 e. The van der Waals surface area contributed by atoms with E-state index in [-0.39, 0.29) is 24.3 Å². The average Bonchev–Trinajstić information content (AvgIpc) is 2.60. The summed E-state index contributed by atoms with van der Waals surface area (Å²) >= 11 is 0. The molecule has 8 nitrogen and oxygen atoms in total. The van der Waals surface area contributed by atoms with E-state index in [1.165, 1.54) is 0 Å². The lowest BCUT2D eigenvalue weighted by atomic mass is 10.1. The molecule has 10 heteroatoms. The Balaban J connectivity index is 2.47. The molecule has 0 radical (unpaired) electrons. The fourth-order valence-corrected chi connectivity index (χ4v) is 4.27. The van der Waals surface area contributed by atoms with Crippen LogP contribution < -0.4 is 9.47 Å². The van der Waals surface area contributed by atoms with Gasteiger partial charge in [-0.05, 0) is 12.1 Å². The van der Waals surface area contributed by atoms with Crippen molar-refractivity contribution in [3.63, 3.8) is 0 Å². The number of benzene rings is 2. The van der Waals surface area contributed by atoms with Crippen molar-refractivity contribution < 1.29 is 35.4 Å². The van der Waals surface area contributed by atoms with Crippen molar-refractivity contribution in [2.45, 2.75) is 50.4 Å². The Morgan fingerprint density at radius 1 is 0.750 bits per heavy atom. The molecule has 2 aromatic rings. The summed E-state index contributed by atoms with van der Waals surface area (Å²) in [6, 6.07) is 9.61. The Hall–Kier alpha value is -1.88. The molecule has 0 bridgehead atoms. The second-order valence-corrected chi connectivity index (χ2v) is 9.42. The second kappa shape index (κ2) is 9.08. The highest BCUT2D eigenvalue weighted by Crippen LogP contribution is 2.34. The molecule has 2 aromatic carbocycles. The molecule has 0 fully saturated rings. The Morgan fingerprint density at radius 3 is 1.39 bits per heavy atom. The molecule has 2 rings (SSSR count). The molecule has 28 heavy (non-hydrogen) atoms. The van der Waals surface area contributed by atoms with Crippen LogP contribution in [0, 0.1) is 0 Å². The highest BCUT2D eigenvalue weighted by Gasteiger charge is 2.26. The summed E-state index contributed by atoms with van der Waals surface area (Å²) in [5.41, 5.74) is -2.84. The van der Waals surface area contributed by atoms with Gasteiger partial charge >= 0.3 is 20.2 Å². The van der Waals surface area contributed by atoms with Crippen molar-refractivity contribution in [3.05, 3.63) is 36.4 Å². The van der Waals surface area contributed by atoms with Crippen LogP contribution in [-0.4, -0.2) is 36.8 Å². The number of ether oxygens (including phenoxy) is 2. The summed E-state index contributed by atoms with van der Waals surface area (Å²) in [5.74, 6) is 0.413. The van der Waals surface area contributed by atoms with Crippen LogP contribution in [0.5, 0.6) is 11.5 Å². The maximum Gasteiger partial charge on any atom is 0.303 e. The van der Waals surface area contributed by atoms with Gasteiger partial charge in [-0.1, -0.05) is 51.0 Å². The van der Waals surface area contributed by atoms with Crippen LogP contribution in [0.2, 0.25) is 0 Å². The highest BCUT2D eigenvalue weighted by molar-refractivity contribution is 7.86. The SMILES string of the molecule is CCCC(Oc1cccc2c(OC(CCC)S(=O)(=O)O)cccc12)S(=O)(=O)O. The fourth-order valence-electron chi connectivity index (χ4n) is 2.75. The first-order chi connectivity index (χ1) is 13.1. The van der Waals surface area contributed by atoms with Gasteiger partial charge in [0.1, 0.15) is 11.5 Å². The zero-order valence-corrected chi connectivity index (χ0v) is 17.2. The molecule has 0 amide bonds. The van der Waals surface area contributed by atoms with Crippen molar-refractivity contribution in [2.75, 3.05) is 0 Å². The summed E-state index contributed by atoms with van der Waals surface area (Å²) in [6.07, 6.45) is 1.17. The van der Waals surface area contributed by atoms with Crippen LogP contribution in [0.1, 0.15) is 39.5 Å². The summed E-state index contributed by atoms with van der Waals surface area (Å²) in [6.45, 7) is 3.53. The first kappa shape index (κ1) is 22.4. The van der Waals surface area contributed by atoms with Crippen LogP contribution in [0.3, 0.4) is 0 Å². The average molecular weight is 433 g/mol. The molecule has 0 aliphatic rings. The van der Waals surface area contributed by atoms with E-state index in [0.29, 0.717) is 23.6 Å². The molecule has 2 N–H and O–H groups in total. The standard InChI is InChI=1S/C18H24O8S2/c1-3-7-17(27(19,20)21)25-15-11-5-10-14-13(15)9-6-12-16(14)26-18(8-4-2)28(22,23)24/h5-6,9-12,17-18H,3-4,7-8H2,1-2H3,(H,19,20,21)(H,22,23,24). The Morgan fingerprint density at radius 2 is 1.11 bits per heavy atom. The van der Waals surface area contributed by atoms with E-state index < -0.39 is 31.1 Å². The van der Waals surface area contributed by atoms with Crippen molar-refractivity contribution in [1.82, 2.24) is 0 Å². The number of fused-ring (bicyclic) bond motifs is 1. The minimum atomic E-state index is -4.42. The lowest BCUT2D eigenvalue weighted by Gasteiger charge is -2.19. The maximum absolute atomic E-state index is 11.6. The molecular formula is C18H24O8S2. The van der Waals surface area contributed by atoms with Gasteiger partial charge in [0.2, 0.25) is 10.9 Å². The second-order valence-electron chi connectivity index (χ2n) is 6.31. The normalized spacial score (nSPS) is 14.6. The lowest BCUT2D eigenvalue weighted by molar-refractivity contribution is 0.246. The van der Waals surface area contributed by atoms with Crippen LogP contribution in [-0.2, 0) is 20.2 Å². The van der Waals surface area contributed by atoms with Crippen molar-refractivity contribution >= 4 is 31.0 Å². The molecule has 0 spiro atoms. The fraction of sp³-hybridized carbons (Fsp3) is 0.444. The molecule has 2 atom stereocenters. The van der Waals surface area contributed by atoms with Gasteiger partial charge in [0.05, 0.1) is 0 Å². The zero-order chi connectivity index (χ0) is 20.9. The Bertz CT molecular complexity index is 932. The van der Waals surface area contributed by atoms with Crippen LogP contribution >= 0.6 is 0 Å². The Kier molecular flexibility index (Phi) is 7.27. The summed E-state index contributed by atoms with van der Waals surface area (Å²) in [5, 5.41) is 0.964. The lowest BCUT2D eigenvalue weighted by Crippen LogP contribution is -2.27. The predicted molar refractivity (Wildman–Crippen MR) is 106 cm³/mol. The third-order valence-electron chi connectivity index (χ3n) is 4.07. The monoisotopic (exact) mass is 432 g/mol. The van der Waals surface area contributed by atoms with Crippen molar-refractivity contribution in [3.8, 4) is 11.5 Å². The topological polar surface area (TPSA) is 127 Å². The molecule has 2 unspecified atom stereocenters. The van der Waals surface area contributed by atoms with Crippen molar-refractivity contribution in [1.29, 1.82) is 0 Å². The van der Waals surface area contributed by atoms with Gasteiger partial charge in [-0.15, -0.1) is 0 Å². The Labute approximate surface area is 165 Å². The quantitative estimate of drug-likeness (QED) is 0.545. The molecule has 0 aliphatic heterocycles. The van der Waals surface area contributed by atoms with E-state index in [1.807, 2.05) is 0 Å². The number of hydrogen-bond acceptors (Lipinski definition) is 6. The first-order valence-corrected chi connectivity index (χ1v) is 11.9. The zero-order valence-electron chi connectivity index (χ0n) is 15.6. The molecule has 0 aliphatic carbocycles. The van der Waals surface area contributed by atoms with Gasteiger partial charge in [0.15, 0.2) is 0 Å². The van der Waals surface area contributed by atoms with Crippen LogP contribution in [0.15, 0.2) is 36.4 Å². The third-order valence-corrected chi connectivity index (χ3v) is 6.06. The van der Waals surface area contributed by atoms with E-state index in [9.17, 15) is 25.9 Å². The molecule has 0 aromatic heterocycles. The molecule has 0 saturated heterocycles. The van der Waals surface area contributed by atoms with Gasteiger partial charge < -0.3 is 9.47 Å². The summed E-state index contributed by atoms with van der Waals surface area (Å²) < 4.78 is 76.1. The smallest absolute Gasteiger partial charge is 0.303 e. The molecule has 0 heterocycles. The molecule has 156 valence electrons. The summed E-state index contributed by atoms with van der Waals surface area (Å²) in [7, 11) is -8.83. The predicted octanol–water partition coefficient (Wildman–Crippen LogP) is 3.63. The summed E-state index contributed by atoms with van der Waals surface area (Å²) in [4.78, 5) is 0. The van der Waals surface area contributed by atoms with Crippen LogP contribution in [0.25, 0.3) is 10.8 Å². The number of hydrogen-bond donors (Lipinski definition) is 2. The van der Waals surface area contributed by atoms with Gasteiger partial charge in [-0.3, -0.25) is 9.11 Å². The van der Waals surface area contributed by atoms with Gasteiger partial charge in [0, 0.05) is 23.6 Å². The molecule has 0 saturated carbocycles. The highest BCUT2D eigenvalue weighted by atomic mass is 32.2. The minimum absolute atomic E-state index is 0.104. The van der Waals surface area contributed by atoms with Gasteiger partial charge in [-0.2, -0.15) is 16.8 Å². The van der Waals surface area contributed by atoms with E-state index in [4.69, 9.17) is 9.47 Å². The van der Waals surface area contributed by atoms with Gasteiger partial charge in [-0.25, -0.2) is 0 Å².